The van der Waals surface area contributed by atoms with Crippen molar-refractivity contribution in [2.75, 3.05) is 26.4 Å². The van der Waals surface area contributed by atoms with E-state index in [1.807, 2.05) is 0 Å². The van der Waals surface area contributed by atoms with E-state index in [0.717, 1.165) is 0 Å². The Kier molecular flexibility index (Phi) is 12.8. The number of aliphatic carboxylic acids is 1. The van der Waals surface area contributed by atoms with Crippen LogP contribution >= 0.6 is 0 Å². The Morgan fingerprint density at radius 3 is 1.55 bits per heavy atom. The van der Waals surface area contributed by atoms with Gasteiger partial charge in [-0.3, -0.25) is 0 Å². The topological polar surface area (TPSA) is 154 Å². The number of carbonyl (C=O) groups is 2. The molecule has 0 spiro atoms. The van der Waals surface area contributed by atoms with Gasteiger partial charge in [0.15, 0.2) is 0 Å². The van der Waals surface area contributed by atoms with Crippen LogP contribution in [0.3, 0.4) is 0 Å². The number of carbonyl (C=O) groups excluding carboxylic acids is 1. The summed E-state index contributed by atoms with van der Waals surface area (Å²) in [5.74, 6) is -0.935. The van der Waals surface area contributed by atoms with Crippen molar-refractivity contribution in [2.24, 2.45) is 0 Å². The average Bonchev–Trinajstić information content (AvgIpc) is 2.42. The second kappa shape index (κ2) is 12.4. The highest BCUT2D eigenvalue weighted by molar-refractivity contribution is 5.84. The van der Waals surface area contributed by atoms with Crippen molar-refractivity contribution >= 4 is 12.1 Å². The summed E-state index contributed by atoms with van der Waals surface area (Å²) in [5.41, 5.74) is 0.176. The molecule has 118 valence electrons. The fraction of sp³-hybridized carbons (Fsp3) is 0.636. The van der Waals surface area contributed by atoms with Crippen LogP contribution < -0.4 is 0 Å². The lowest BCUT2D eigenvalue weighted by Crippen LogP contribution is -2.25. The summed E-state index contributed by atoms with van der Waals surface area (Å²) in [6.45, 7) is 2.79. The highest BCUT2D eigenvalue weighted by atomic mass is 16.7. The summed E-state index contributed by atoms with van der Waals surface area (Å²) in [4.78, 5) is 20.3. The van der Waals surface area contributed by atoms with E-state index in [4.69, 9.17) is 25.5 Å². The van der Waals surface area contributed by atoms with E-state index < -0.39 is 37.5 Å². The van der Waals surface area contributed by atoms with Gasteiger partial charge in [-0.05, 0) is 6.92 Å². The number of carboxylic acid groups (broad SMARTS) is 1. The van der Waals surface area contributed by atoms with Crippen LogP contribution in [0.4, 0.5) is 4.79 Å². The number of hydrogen-bond donors (Lipinski definition) is 5. The molecule has 0 heterocycles. The third-order valence-corrected chi connectivity index (χ3v) is 1.57. The van der Waals surface area contributed by atoms with Gasteiger partial charge in [-0.25, -0.2) is 9.59 Å². The minimum absolute atomic E-state index is 0.176. The molecule has 0 bridgehead atoms. The van der Waals surface area contributed by atoms with Gasteiger partial charge in [-0.1, -0.05) is 6.58 Å². The van der Waals surface area contributed by atoms with Crippen LogP contribution in [0, 0.1) is 0 Å². The van der Waals surface area contributed by atoms with Crippen molar-refractivity contribution in [1.82, 2.24) is 0 Å². The Bertz CT molecular complexity index is 274. The predicted molar refractivity (Wildman–Crippen MR) is 65.9 cm³/mol. The van der Waals surface area contributed by atoms with Crippen LogP contribution in [0.25, 0.3) is 0 Å². The zero-order chi connectivity index (χ0) is 16.1. The molecule has 0 aliphatic carbocycles. The molecule has 20 heavy (non-hydrogen) atoms. The van der Waals surface area contributed by atoms with Gasteiger partial charge in [0.05, 0.1) is 13.2 Å². The quantitative estimate of drug-likeness (QED) is 0.278. The third kappa shape index (κ3) is 14.4. The second-order valence-electron chi connectivity index (χ2n) is 3.63. The van der Waals surface area contributed by atoms with Gasteiger partial charge in [0.2, 0.25) is 0 Å². The maximum atomic E-state index is 10.7. The molecule has 0 amide bonds. The molecule has 0 aromatic heterocycles. The number of aliphatic hydroxyl groups excluding tert-OH is 4. The summed E-state index contributed by atoms with van der Waals surface area (Å²) in [5, 5.41) is 42.1. The molecule has 0 saturated carbocycles. The fourth-order valence-corrected chi connectivity index (χ4v) is 0.476. The first-order valence-electron chi connectivity index (χ1n) is 5.50. The first-order valence-corrected chi connectivity index (χ1v) is 5.50. The molecule has 0 aromatic rings. The number of hydrogen-bond acceptors (Lipinski definition) is 8. The zero-order valence-corrected chi connectivity index (χ0v) is 11.1. The first kappa shape index (κ1) is 20.6. The second-order valence-corrected chi connectivity index (χ2v) is 3.63. The maximum Gasteiger partial charge on any atom is 0.508 e. The largest absolute Gasteiger partial charge is 0.508 e. The summed E-state index contributed by atoms with van der Waals surface area (Å²) >= 11 is 0. The van der Waals surface area contributed by atoms with Gasteiger partial charge in [0, 0.05) is 5.57 Å². The monoisotopic (exact) mass is 296 g/mol. The summed E-state index contributed by atoms with van der Waals surface area (Å²) in [6, 6.07) is 0. The van der Waals surface area contributed by atoms with Gasteiger partial charge in [-0.15, -0.1) is 0 Å². The molecule has 9 heteroatoms. The number of aliphatic hydroxyl groups is 4. The lowest BCUT2D eigenvalue weighted by atomic mass is 10.4. The Morgan fingerprint density at radius 2 is 1.35 bits per heavy atom. The molecule has 0 rings (SSSR count). The van der Waals surface area contributed by atoms with E-state index in [0.29, 0.717) is 0 Å². The third-order valence-electron chi connectivity index (χ3n) is 1.57. The van der Waals surface area contributed by atoms with Gasteiger partial charge in [-0.2, -0.15) is 0 Å². The molecular weight excluding hydrogens is 276 g/mol. The van der Waals surface area contributed by atoms with Crippen molar-refractivity contribution in [3.8, 4) is 0 Å². The molecule has 0 aliphatic rings. The van der Waals surface area contributed by atoms with E-state index in [-0.39, 0.29) is 18.8 Å². The Morgan fingerprint density at radius 1 is 1.05 bits per heavy atom. The maximum absolute atomic E-state index is 10.7. The van der Waals surface area contributed by atoms with Gasteiger partial charge in [0.1, 0.15) is 25.4 Å². The number of carboxylic acids is 1. The first-order chi connectivity index (χ1) is 9.24. The van der Waals surface area contributed by atoms with Crippen molar-refractivity contribution in [2.45, 2.75) is 19.1 Å². The summed E-state index contributed by atoms with van der Waals surface area (Å²) in [6.07, 6.45) is -3.37. The van der Waals surface area contributed by atoms with Crippen molar-refractivity contribution < 1.29 is 44.6 Å². The minimum Gasteiger partial charge on any atom is -0.478 e. The van der Waals surface area contributed by atoms with Crippen molar-refractivity contribution in [3.63, 3.8) is 0 Å². The van der Waals surface area contributed by atoms with E-state index in [1.165, 1.54) is 6.92 Å². The van der Waals surface area contributed by atoms with E-state index in [1.54, 1.807) is 0 Å². The molecular formula is C11H20O9. The SMILES string of the molecule is C=C(C)C(=O)O.O=C(OCC(O)CO)OCC(O)CO. The molecule has 0 aliphatic heterocycles. The van der Waals surface area contributed by atoms with Gasteiger partial charge < -0.3 is 35.0 Å². The lowest BCUT2D eigenvalue weighted by Gasteiger charge is -2.10. The Balaban J connectivity index is 0. The van der Waals surface area contributed by atoms with Crippen molar-refractivity contribution in [1.29, 1.82) is 0 Å². The molecule has 9 nitrogen and oxygen atoms in total. The molecule has 0 radical (unpaired) electrons. The number of ether oxygens (including phenoxy) is 2. The van der Waals surface area contributed by atoms with E-state index in [9.17, 15) is 9.59 Å². The average molecular weight is 296 g/mol. The Hall–Kier alpha value is -1.68. The fourth-order valence-electron chi connectivity index (χ4n) is 0.476. The van der Waals surface area contributed by atoms with Crippen LogP contribution in [-0.4, -0.2) is 76.3 Å². The summed E-state index contributed by atoms with van der Waals surface area (Å²) in [7, 11) is 0. The minimum atomic E-state index is -1.15. The zero-order valence-electron chi connectivity index (χ0n) is 11.1. The highest BCUT2D eigenvalue weighted by Gasteiger charge is 2.10. The van der Waals surface area contributed by atoms with Crippen LogP contribution in [0.2, 0.25) is 0 Å². The van der Waals surface area contributed by atoms with Crippen LogP contribution in [0.1, 0.15) is 6.92 Å². The molecule has 2 atom stereocenters. The van der Waals surface area contributed by atoms with E-state index >= 15 is 0 Å². The van der Waals surface area contributed by atoms with E-state index in [2.05, 4.69) is 16.1 Å². The van der Waals surface area contributed by atoms with Crippen LogP contribution in [0.15, 0.2) is 12.2 Å². The molecule has 0 aromatic carbocycles. The predicted octanol–water partition coefficient (Wildman–Crippen LogP) is -1.51. The molecule has 2 unspecified atom stereocenters. The lowest BCUT2D eigenvalue weighted by molar-refractivity contribution is -0.132. The van der Waals surface area contributed by atoms with Gasteiger partial charge in [0.25, 0.3) is 0 Å². The molecule has 0 fully saturated rings. The normalized spacial score (nSPS) is 12.4. The highest BCUT2D eigenvalue weighted by Crippen LogP contribution is 1.91. The van der Waals surface area contributed by atoms with Crippen LogP contribution in [0.5, 0.6) is 0 Å². The molecule has 5 N–H and O–H groups in total. The molecule has 0 saturated heterocycles. The van der Waals surface area contributed by atoms with Gasteiger partial charge >= 0.3 is 12.1 Å². The standard InChI is InChI=1S/C7H14O7.C4H6O2/c8-1-5(10)3-13-7(12)14-4-6(11)2-9;1-3(2)4(5)6/h5-6,8-11H,1-4H2;1H2,2H3,(H,5,6). The Labute approximate surface area is 115 Å². The summed E-state index contributed by atoms with van der Waals surface area (Å²) < 4.78 is 8.65. The van der Waals surface area contributed by atoms with Crippen LogP contribution in [-0.2, 0) is 14.3 Å². The smallest absolute Gasteiger partial charge is 0.478 e. The van der Waals surface area contributed by atoms with Crippen molar-refractivity contribution in [3.05, 3.63) is 12.2 Å². The number of rotatable bonds is 7.